The maximum Gasteiger partial charge on any atom is 0.0926 e. The van der Waals surface area contributed by atoms with E-state index in [0.717, 1.165) is 11.1 Å². The van der Waals surface area contributed by atoms with Gasteiger partial charge in [0.1, 0.15) is 0 Å². The minimum absolute atomic E-state index is 0.402. The first kappa shape index (κ1) is 10.2. The second kappa shape index (κ2) is 3.66. The fourth-order valence-electron chi connectivity index (χ4n) is 1.90. The number of nitrogens with two attached hydrogens (primary N) is 1. The SMILES string of the molecule is Cc1c2cc(CN)ccc2nn1C(C)C. The zero-order valence-electron chi connectivity index (χ0n) is 9.49. The minimum Gasteiger partial charge on any atom is -0.326 e. The van der Waals surface area contributed by atoms with Crippen molar-refractivity contribution in [3.05, 3.63) is 29.5 Å². The van der Waals surface area contributed by atoms with Crippen LogP contribution in [-0.2, 0) is 6.54 Å². The molecule has 15 heavy (non-hydrogen) atoms. The molecule has 1 aromatic heterocycles. The van der Waals surface area contributed by atoms with E-state index in [2.05, 4.69) is 36.6 Å². The third-order valence-electron chi connectivity index (χ3n) is 2.73. The summed E-state index contributed by atoms with van der Waals surface area (Å²) in [7, 11) is 0. The molecule has 0 saturated carbocycles. The van der Waals surface area contributed by atoms with Crippen LogP contribution in [0.1, 0.15) is 31.1 Å². The molecule has 2 aromatic rings. The number of hydrogen-bond acceptors (Lipinski definition) is 2. The lowest BCUT2D eigenvalue weighted by atomic mass is 10.1. The summed E-state index contributed by atoms with van der Waals surface area (Å²) in [6.45, 7) is 6.98. The number of aryl methyl sites for hydroxylation is 1. The fraction of sp³-hybridized carbons (Fsp3) is 0.417. The van der Waals surface area contributed by atoms with Crippen LogP contribution in [-0.4, -0.2) is 9.78 Å². The van der Waals surface area contributed by atoms with E-state index in [1.165, 1.54) is 11.1 Å². The molecule has 0 aliphatic heterocycles. The van der Waals surface area contributed by atoms with E-state index in [4.69, 9.17) is 5.73 Å². The Kier molecular flexibility index (Phi) is 2.49. The fourth-order valence-corrected chi connectivity index (χ4v) is 1.90. The van der Waals surface area contributed by atoms with Crippen molar-refractivity contribution in [1.82, 2.24) is 9.78 Å². The Morgan fingerprint density at radius 3 is 2.73 bits per heavy atom. The van der Waals surface area contributed by atoms with Gasteiger partial charge in [-0.1, -0.05) is 6.07 Å². The topological polar surface area (TPSA) is 43.8 Å². The Morgan fingerprint density at radius 2 is 2.13 bits per heavy atom. The summed E-state index contributed by atoms with van der Waals surface area (Å²) in [4.78, 5) is 0. The van der Waals surface area contributed by atoms with E-state index in [9.17, 15) is 0 Å². The molecule has 0 saturated heterocycles. The highest BCUT2D eigenvalue weighted by atomic mass is 15.3. The molecule has 80 valence electrons. The third-order valence-corrected chi connectivity index (χ3v) is 2.73. The first-order valence-corrected chi connectivity index (χ1v) is 5.31. The van der Waals surface area contributed by atoms with Crippen molar-refractivity contribution in [2.75, 3.05) is 0 Å². The standard InChI is InChI=1S/C12H17N3/c1-8(2)15-9(3)11-6-10(7-13)4-5-12(11)14-15/h4-6,8H,7,13H2,1-3H3. The number of hydrogen-bond donors (Lipinski definition) is 1. The highest BCUT2D eigenvalue weighted by molar-refractivity contribution is 5.82. The van der Waals surface area contributed by atoms with E-state index in [-0.39, 0.29) is 0 Å². The molecule has 3 nitrogen and oxygen atoms in total. The van der Waals surface area contributed by atoms with Crippen molar-refractivity contribution in [3.63, 3.8) is 0 Å². The van der Waals surface area contributed by atoms with Gasteiger partial charge in [0.15, 0.2) is 0 Å². The summed E-state index contributed by atoms with van der Waals surface area (Å²) in [5.41, 5.74) is 9.06. The van der Waals surface area contributed by atoms with Gasteiger partial charge in [0.05, 0.1) is 5.52 Å². The van der Waals surface area contributed by atoms with Gasteiger partial charge in [0.25, 0.3) is 0 Å². The average Bonchev–Trinajstić information content (AvgIpc) is 2.56. The average molecular weight is 203 g/mol. The number of rotatable bonds is 2. The molecule has 0 amide bonds. The maximum absolute atomic E-state index is 5.63. The number of aromatic nitrogens is 2. The van der Waals surface area contributed by atoms with Crippen LogP contribution in [0.25, 0.3) is 10.9 Å². The molecule has 0 unspecified atom stereocenters. The van der Waals surface area contributed by atoms with E-state index in [1.54, 1.807) is 0 Å². The quantitative estimate of drug-likeness (QED) is 0.814. The van der Waals surface area contributed by atoms with Crippen LogP contribution < -0.4 is 5.73 Å². The first-order chi connectivity index (χ1) is 7.13. The van der Waals surface area contributed by atoms with Crippen molar-refractivity contribution in [2.45, 2.75) is 33.4 Å². The molecule has 3 heteroatoms. The molecule has 0 aliphatic carbocycles. The van der Waals surface area contributed by atoms with Gasteiger partial charge in [-0.25, -0.2) is 0 Å². The third kappa shape index (κ3) is 1.63. The van der Waals surface area contributed by atoms with E-state index in [1.807, 2.05) is 12.1 Å². The molecule has 0 aliphatic rings. The molecule has 0 spiro atoms. The molecular weight excluding hydrogens is 186 g/mol. The zero-order chi connectivity index (χ0) is 11.0. The van der Waals surface area contributed by atoms with E-state index < -0.39 is 0 Å². The van der Waals surface area contributed by atoms with Gasteiger partial charge in [-0.05, 0) is 38.5 Å². The summed E-state index contributed by atoms with van der Waals surface area (Å²) in [6, 6.07) is 6.62. The van der Waals surface area contributed by atoms with Crippen molar-refractivity contribution >= 4 is 10.9 Å². The lowest BCUT2D eigenvalue weighted by molar-refractivity contribution is 0.524. The molecule has 0 atom stereocenters. The van der Waals surface area contributed by atoms with Crippen LogP contribution >= 0.6 is 0 Å². The van der Waals surface area contributed by atoms with Gasteiger partial charge in [-0.15, -0.1) is 0 Å². The summed E-state index contributed by atoms with van der Waals surface area (Å²) in [6.07, 6.45) is 0. The van der Waals surface area contributed by atoms with Gasteiger partial charge in [-0.2, -0.15) is 5.10 Å². The van der Waals surface area contributed by atoms with Crippen molar-refractivity contribution < 1.29 is 0 Å². The van der Waals surface area contributed by atoms with Gasteiger partial charge in [-0.3, -0.25) is 4.68 Å². The lowest BCUT2D eigenvalue weighted by Crippen LogP contribution is -2.04. The van der Waals surface area contributed by atoms with Gasteiger partial charge < -0.3 is 5.73 Å². The normalized spacial score (nSPS) is 11.5. The smallest absolute Gasteiger partial charge is 0.0926 e. The van der Waals surface area contributed by atoms with Crippen LogP contribution in [0.3, 0.4) is 0 Å². The van der Waals surface area contributed by atoms with Crippen LogP contribution in [0.15, 0.2) is 18.2 Å². The molecule has 0 radical (unpaired) electrons. The highest BCUT2D eigenvalue weighted by Gasteiger charge is 2.09. The number of benzene rings is 1. The molecular formula is C12H17N3. The number of nitrogens with zero attached hydrogens (tertiary/aromatic N) is 2. The molecule has 2 N–H and O–H groups in total. The summed E-state index contributed by atoms with van der Waals surface area (Å²) >= 11 is 0. The largest absolute Gasteiger partial charge is 0.326 e. The first-order valence-electron chi connectivity index (χ1n) is 5.31. The molecule has 0 bridgehead atoms. The molecule has 2 rings (SSSR count). The van der Waals surface area contributed by atoms with Gasteiger partial charge in [0.2, 0.25) is 0 Å². The Labute approximate surface area is 89.9 Å². The van der Waals surface area contributed by atoms with E-state index >= 15 is 0 Å². The summed E-state index contributed by atoms with van der Waals surface area (Å²) in [5.74, 6) is 0. The predicted molar refractivity (Wildman–Crippen MR) is 62.7 cm³/mol. The Morgan fingerprint density at radius 1 is 1.40 bits per heavy atom. The monoisotopic (exact) mass is 203 g/mol. The van der Waals surface area contributed by atoms with Crippen molar-refractivity contribution in [3.8, 4) is 0 Å². The van der Waals surface area contributed by atoms with Gasteiger partial charge >= 0.3 is 0 Å². The highest BCUT2D eigenvalue weighted by Crippen LogP contribution is 2.21. The van der Waals surface area contributed by atoms with Crippen LogP contribution in [0, 0.1) is 6.92 Å². The molecule has 1 aromatic carbocycles. The Bertz CT molecular complexity index is 483. The Balaban J connectivity index is 2.66. The predicted octanol–water partition coefficient (Wildman–Crippen LogP) is 2.38. The Hall–Kier alpha value is -1.35. The molecule has 1 heterocycles. The summed E-state index contributed by atoms with van der Waals surface area (Å²) < 4.78 is 2.06. The van der Waals surface area contributed by atoms with E-state index in [0.29, 0.717) is 12.6 Å². The van der Waals surface area contributed by atoms with Crippen LogP contribution in [0.4, 0.5) is 0 Å². The van der Waals surface area contributed by atoms with Crippen molar-refractivity contribution in [2.24, 2.45) is 5.73 Å². The van der Waals surface area contributed by atoms with Gasteiger partial charge in [0, 0.05) is 23.7 Å². The maximum atomic E-state index is 5.63. The number of fused-ring (bicyclic) bond motifs is 1. The lowest BCUT2D eigenvalue weighted by Gasteiger charge is -2.06. The van der Waals surface area contributed by atoms with Crippen molar-refractivity contribution in [1.29, 1.82) is 0 Å². The molecule has 0 fully saturated rings. The summed E-state index contributed by atoms with van der Waals surface area (Å²) in [5, 5.41) is 5.78. The second-order valence-corrected chi connectivity index (χ2v) is 4.18. The second-order valence-electron chi connectivity index (χ2n) is 4.18. The van der Waals surface area contributed by atoms with Crippen LogP contribution in [0.5, 0.6) is 0 Å². The van der Waals surface area contributed by atoms with Crippen LogP contribution in [0.2, 0.25) is 0 Å². The minimum atomic E-state index is 0.402. The zero-order valence-corrected chi connectivity index (χ0v) is 9.49.